The monoisotopic (exact) mass is 320 g/mol. The Bertz CT molecular complexity index is 874. The second-order valence-electron chi connectivity index (χ2n) is 6.88. The van der Waals surface area contributed by atoms with E-state index in [0.29, 0.717) is 6.04 Å². The zero-order chi connectivity index (χ0) is 16.7. The predicted octanol–water partition coefficient (Wildman–Crippen LogP) is 4.17. The van der Waals surface area contributed by atoms with Crippen molar-refractivity contribution < 1.29 is 0 Å². The van der Waals surface area contributed by atoms with E-state index in [4.69, 9.17) is 0 Å². The van der Waals surface area contributed by atoms with Crippen molar-refractivity contribution in [2.45, 2.75) is 39.7 Å². The lowest BCUT2D eigenvalue weighted by Gasteiger charge is -2.24. The fourth-order valence-electron chi connectivity index (χ4n) is 3.73. The van der Waals surface area contributed by atoms with Gasteiger partial charge in [0.15, 0.2) is 5.65 Å². The molecule has 0 radical (unpaired) electrons. The molecule has 0 unspecified atom stereocenters. The van der Waals surface area contributed by atoms with Gasteiger partial charge in [-0.15, -0.1) is 0 Å². The number of likely N-dealkylation sites (tertiary alicyclic amines) is 1. The highest BCUT2D eigenvalue weighted by Gasteiger charge is 2.19. The lowest BCUT2D eigenvalue weighted by molar-refractivity contribution is 0.263. The molecule has 0 aliphatic carbocycles. The van der Waals surface area contributed by atoms with Gasteiger partial charge in [0.2, 0.25) is 0 Å². The molecule has 3 heterocycles. The maximum absolute atomic E-state index is 4.49. The second kappa shape index (κ2) is 6.02. The average Bonchev–Trinajstić information content (AvgIpc) is 3.23. The van der Waals surface area contributed by atoms with E-state index < -0.39 is 0 Å². The number of benzene rings is 1. The lowest BCUT2D eigenvalue weighted by atomic mass is 10.00. The standard InChI is InChI=1S/C20H24N4/c1-14-11-19(13-24-20(14)21-16(3)22-24)18-8-6-7-17(12-18)15(2)23-9-4-5-10-23/h6-8,11-13,15H,4-5,9-10H2,1-3H3/t15-/m1/s1. The summed E-state index contributed by atoms with van der Waals surface area (Å²) in [4.78, 5) is 7.07. The SMILES string of the molecule is Cc1nc2c(C)cc(-c3cccc([C@@H](C)N4CCCC4)c3)cn2n1. The molecule has 4 heteroatoms. The number of aromatic nitrogens is 3. The van der Waals surface area contributed by atoms with Gasteiger partial charge in [-0.2, -0.15) is 5.10 Å². The van der Waals surface area contributed by atoms with Crippen molar-refractivity contribution in [3.63, 3.8) is 0 Å². The molecule has 3 aromatic rings. The molecule has 1 fully saturated rings. The summed E-state index contributed by atoms with van der Waals surface area (Å²) >= 11 is 0. The third kappa shape index (κ3) is 2.71. The summed E-state index contributed by atoms with van der Waals surface area (Å²) in [5, 5.41) is 4.48. The van der Waals surface area contributed by atoms with Crippen molar-refractivity contribution in [2.75, 3.05) is 13.1 Å². The topological polar surface area (TPSA) is 33.4 Å². The first kappa shape index (κ1) is 15.3. The molecule has 0 N–H and O–H groups in total. The maximum Gasteiger partial charge on any atom is 0.158 e. The van der Waals surface area contributed by atoms with Gasteiger partial charge in [0.1, 0.15) is 5.82 Å². The highest BCUT2D eigenvalue weighted by Crippen LogP contribution is 2.29. The first-order valence-electron chi connectivity index (χ1n) is 8.80. The Kier molecular flexibility index (Phi) is 3.85. The second-order valence-corrected chi connectivity index (χ2v) is 6.88. The van der Waals surface area contributed by atoms with E-state index in [2.05, 4.69) is 65.4 Å². The van der Waals surface area contributed by atoms with E-state index in [1.807, 2.05) is 11.4 Å². The Hall–Kier alpha value is -2.20. The van der Waals surface area contributed by atoms with Crippen LogP contribution in [0.15, 0.2) is 36.5 Å². The fourth-order valence-corrected chi connectivity index (χ4v) is 3.73. The van der Waals surface area contributed by atoms with Crippen LogP contribution in [0.3, 0.4) is 0 Å². The fraction of sp³-hybridized carbons (Fsp3) is 0.400. The van der Waals surface area contributed by atoms with Crippen molar-refractivity contribution in [3.05, 3.63) is 53.5 Å². The molecule has 4 rings (SSSR count). The molecule has 124 valence electrons. The van der Waals surface area contributed by atoms with Crippen molar-refractivity contribution in [1.82, 2.24) is 19.5 Å². The molecule has 1 aromatic carbocycles. The van der Waals surface area contributed by atoms with E-state index in [1.54, 1.807) is 0 Å². The van der Waals surface area contributed by atoms with Crippen LogP contribution in [0, 0.1) is 13.8 Å². The third-order valence-corrected chi connectivity index (χ3v) is 5.11. The molecule has 1 saturated heterocycles. The summed E-state index contributed by atoms with van der Waals surface area (Å²) in [5.74, 6) is 0.812. The van der Waals surface area contributed by atoms with Crippen LogP contribution in [0.5, 0.6) is 0 Å². The van der Waals surface area contributed by atoms with Gasteiger partial charge in [0.05, 0.1) is 0 Å². The van der Waals surface area contributed by atoms with Crippen molar-refractivity contribution in [2.24, 2.45) is 0 Å². The molecule has 24 heavy (non-hydrogen) atoms. The highest BCUT2D eigenvalue weighted by molar-refractivity contribution is 5.67. The van der Waals surface area contributed by atoms with E-state index in [1.165, 1.54) is 42.6 Å². The van der Waals surface area contributed by atoms with Crippen LogP contribution >= 0.6 is 0 Å². The van der Waals surface area contributed by atoms with E-state index in [-0.39, 0.29) is 0 Å². The van der Waals surface area contributed by atoms with Gasteiger partial charge < -0.3 is 0 Å². The maximum atomic E-state index is 4.49. The minimum Gasteiger partial charge on any atom is -0.297 e. The molecule has 1 aliphatic heterocycles. The zero-order valence-corrected chi connectivity index (χ0v) is 14.7. The Morgan fingerprint density at radius 3 is 2.62 bits per heavy atom. The summed E-state index contributed by atoms with van der Waals surface area (Å²) in [7, 11) is 0. The number of hydrogen-bond acceptors (Lipinski definition) is 3. The third-order valence-electron chi connectivity index (χ3n) is 5.11. The number of hydrogen-bond donors (Lipinski definition) is 0. The van der Waals surface area contributed by atoms with Crippen molar-refractivity contribution >= 4 is 5.65 Å². The number of rotatable bonds is 3. The number of nitrogens with zero attached hydrogens (tertiary/aromatic N) is 4. The summed E-state index contributed by atoms with van der Waals surface area (Å²) in [6, 6.07) is 11.6. The van der Waals surface area contributed by atoms with Gasteiger partial charge in [-0.05, 0) is 75.5 Å². The molecule has 0 amide bonds. The first-order chi connectivity index (χ1) is 11.6. The van der Waals surface area contributed by atoms with Crippen LogP contribution in [-0.2, 0) is 0 Å². The molecule has 1 atom stereocenters. The van der Waals surface area contributed by atoms with Crippen LogP contribution in [0.4, 0.5) is 0 Å². The molecular weight excluding hydrogens is 296 g/mol. The molecular formula is C20H24N4. The van der Waals surface area contributed by atoms with Gasteiger partial charge >= 0.3 is 0 Å². The smallest absolute Gasteiger partial charge is 0.158 e. The van der Waals surface area contributed by atoms with Gasteiger partial charge in [0, 0.05) is 17.8 Å². The highest BCUT2D eigenvalue weighted by atomic mass is 15.3. The molecule has 4 nitrogen and oxygen atoms in total. The van der Waals surface area contributed by atoms with E-state index in [9.17, 15) is 0 Å². The van der Waals surface area contributed by atoms with E-state index >= 15 is 0 Å². The van der Waals surface area contributed by atoms with Crippen molar-refractivity contribution in [1.29, 1.82) is 0 Å². The predicted molar refractivity (Wildman–Crippen MR) is 97.1 cm³/mol. The molecule has 2 aromatic heterocycles. The van der Waals surface area contributed by atoms with Gasteiger partial charge in [0.25, 0.3) is 0 Å². The molecule has 0 spiro atoms. The lowest BCUT2D eigenvalue weighted by Crippen LogP contribution is -2.23. The van der Waals surface area contributed by atoms with Gasteiger partial charge in [-0.3, -0.25) is 4.90 Å². The van der Waals surface area contributed by atoms with Gasteiger partial charge in [-0.25, -0.2) is 9.50 Å². The Morgan fingerprint density at radius 1 is 1.04 bits per heavy atom. The van der Waals surface area contributed by atoms with Crippen LogP contribution < -0.4 is 0 Å². The Balaban J connectivity index is 1.72. The Morgan fingerprint density at radius 2 is 1.83 bits per heavy atom. The summed E-state index contributed by atoms with van der Waals surface area (Å²) < 4.78 is 1.90. The minimum absolute atomic E-state index is 0.478. The molecule has 0 saturated carbocycles. The summed E-state index contributed by atoms with van der Waals surface area (Å²) in [6.07, 6.45) is 4.74. The van der Waals surface area contributed by atoms with Crippen LogP contribution in [0.1, 0.15) is 42.8 Å². The number of aryl methyl sites for hydroxylation is 2. The average molecular weight is 320 g/mol. The van der Waals surface area contributed by atoms with Gasteiger partial charge in [-0.1, -0.05) is 18.2 Å². The number of pyridine rings is 1. The molecule has 1 aliphatic rings. The van der Waals surface area contributed by atoms with Crippen LogP contribution in [-0.4, -0.2) is 32.6 Å². The van der Waals surface area contributed by atoms with E-state index in [0.717, 1.165) is 17.0 Å². The largest absolute Gasteiger partial charge is 0.297 e. The van der Waals surface area contributed by atoms with Crippen LogP contribution in [0.25, 0.3) is 16.8 Å². The summed E-state index contributed by atoms with van der Waals surface area (Å²) in [5.41, 5.74) is 5.93. The number of fused-ring (bicyclic) bond motifs is 1. The normalized spacial score (nSPS) is 16.8. The first-order valence-corrected chi connectivity index (χ1v) is 8.80. The summed E-state index contributed by atoms with van der Waals surface area (Å²) in [6.45, 7) is 8.79. The Labute approximate surface area is 143 Å². The van der Waals surface area contributed by atoms with Crippen molar-refractivity contribution in [3.8, 4) is 11.1 Å². The quantitative estimate of drug-likeness (QED) is 0.726. The van der Waals surface area contributed by atoms with Crippen LogP contribution in [0.2, 0.25) is 0 Å². The molecule has 0 bridgehead atoms. The minimum atomic E-state index is 0.478. The zero-order valence-electron chi connectivity index (χ0n) is 14.7.